The van der Waals surface area contributed by atoms with Gasteiger partial charge in [-0.2, -0.15) is 11.3 Å². The van der Waals surface area contributed by atoms with Crippen LogP contribution >= 0.6 is 11.3 Å². The number of hydrogen-bond acceptors (Lipinski definition) is 4. The highest BCUT2D eigenvalue weighted by Gasteiger charge is 2.21. The molecule has 0 bridgehead atoms. The molecule has 0 saturated carbocycles. The zero-order valence-corrected chi connectivity index (χ0v) is 12.0. The highest BCUT2D eigenvalue weighted by molar-refractivity contribution is 7.89. The van der Waals surface area contributed by atoms with Gasteiger partial charge in [0, 0.05) is 6.04 Å². The summed E-state index contributed by atoms with van der Waals surface area (Å²) in [6.45, 7) is 1.49. The molecule has 0 aliphatic heterocycles. The molecule has 0 saturated heterocycles. The molecule has 0 fully saturated rings. The van der Waals surface area contributed by atoms with E-state index in [-0.39, 0.29) is 17.5 Å². The maximum absolute atomic E-state index is 12.3. The van der Waals surface area contributed by atoms with Crippen molar-refractivity contribution in [3.63, 3.8) is 0 Å². The Morgan fingerprint density at radius 1 is 1.32 bits per heavy atom. The molecule has 1 heterocycles. The van der Waals surface area contributed by atoms with Crippen molar-refractivity contribution < 1.29 is 13.5 Å². The van der Waals surface area contributed by atoms with Crippen molar-refractivity contribution in [2.75, 3.05) is 0 Å². The molecule has 1 atom stereocenters. The van der Waals surface area contributed by atoms with Crippen LogP contribution in [0.2, 0.25) is 0 Å². The molecule has 0 amide bonds. The van der Waals surface area contributed by atoms with Crippen LogP contribution in [-0.2, 0) is 16.6 Å². The van der Waals surface area contributed by atoms with Crippen molar-refractivity contribution in [3.8, 4) is 0 Å². The summed E-state index contributed by atoms with van der Waals surface area (Å²) in [6, 6.07) is 8.02. The van der Waals surface area contributed by atoms with Crippen molar-refractivity contribution >= 4 is 21.4 Å². The first kappa shape index (κ1) is 14.2. The van der Waals surface area contributed by atoms with Crippen LogP contribution in [0.3, 0.4) is 0 Å². The molecule has 6 heteroatoms. The van der Waals surface area contributed by atoms with Gasteiger partial charge in [0.15, 0.2) is 0 Å². The molecule has 2 N–H and O–H groups in total. The molecule has 19 heavy (non-hydrogen) atoms. The summed E-state index contributed by atoms with van der Waals surface area (Å²) in [4.78, 5) is 0.125. The van der Waals surface area contributed by atoms with E-state index in [2.05, 4.69) is 4.72 Å². The number of nitrogens with one attached hydrogen (secondary N) is 1. The average molecular weight is 297 g/mol. The summed E-state index contributed by atoms with van der Waals surface area (Å²) in [6.07, 6.45) is 0. The topological polar surface area (TPSA) is 66.4 Å². The van der Waals surface area contributed by atoms with Gasteiger partial charge in [-0.1, -0.05) is 18.2 Å². The monoisotopic (exact) mass is 297 g/mol. The van der Waals surface area contributed by atoms with Crippen molar-refractivity contribution in [3.05, 3.63) is 52.2 Å². The standard InChI is InChI=1S/C13H15NO3S2/c1-10(12-6-7-18-9-12)14-19(16,17)13-5-3-2-4-11(13)8-15/h2-7,9-10,14-15H,8H2,1H3. The quantitative estimate of drug-likeness (QED) is 0.890. The third kappa shape index (κ3) is 3.22. The first-order chi connectivity index (χ1) is 9.04. The van der Waals surface area contributed by atoms with Gasteiger partial charge in [-0.25, -0.2) is 13.1 Å². The predicted molar refractivity (Wildman–Crippen MR) is 75.4 cm³/mol. The Bertz CT molecular complexity index is 636. The van der Waals surface area contributed by atoms with E-state index < -0.39 is 10.0 Å². The zero-order chi connectivity index (χ0) is 13.9. The summed E-state index contributed by atoms with van der Waals surface area (Å²) in [5.74, 6) is 0. The van der Waals surface area contributed by atoms with Gasteiger partial charge in [0.1, 0.15) is 0 Å². The van der Waals surface area contributed by atoms with Gasteiger partial charge in [0.05, 0.1) is 11.5 Å². The molecule has 0 radical (unpaired) electrons. The Morgan fingerprint density at radius 2 is 2.05 bits per heavy atom. The summed E-state index contributed by atoms with van der Waals surface area (Å²) in [5.41, 5.74) is 1.32. The Kier molecular flexibility index (Phi) is 4.36. The summed E-state index contributed by atoms with van der Waals surface area (Å²) in [5, 5.41) is 13.0. The minimum Gasteiger partial charge on any atom is -0.392 e. The lowest BCUT2D eigenvalue weighted by molar-refractivity contribution is 0.278. The van der Waals surface area contributed by atoms with Gasteiger partial charge in [-0.3, -0.25) is 0 Å². The van der Waals surface area contributed by atoms with Crippen LogP contribution in [0.5, 0.6) is 0 Å². The third-order valence-electron chi connectivity index (χ3n) is 2.81. The fourth-order valence-corrected chi connectivity index (χ4v) is 4.00. The number of aliphatic hydroxyl groups is 1. The predicted octanol–water partition coefficient (Wildman–Crippen LogP) is 2.28. The first-order valence-corrected chi connectivity index (χ1v) is 8.20. The van der Waals surface area contributed by atoms with Crippen LogP contribution in [0.25, 0.3) is 0 Å². The van der Waals surface area contributed by atoms with Crippen molar-refractivity contribution in [1.82, 2.24) is 4.72 Å². The Morgan fingerprint density at radius 3 is 2.68 bits per heavy atom. The van der Waals surface area contributed by atoms with Gasteiger partial charge in [-0.05, 0) is 40.9 Å². The van der Waals surface area contributed by atoms with Gasteiger partial charge in [0.25, 0.3) is 0 Å². The van der Waals surface area contributed by atoms with Gasteiger partial charge in [-0.15, -0.1) is 0 Å². The van der Waals surface area contributed by atoms with E-state index in [1.165, 1.54) is 17.4 Å². The maximum Gasteiger partial charge on any atom is 0.241 e. The van der Waals surface area contributed by atoms with E-state index in [1.807, 2.05) is 16.8 Å². The molecule has 2 rings (SSSR count). The molecule has 102 valence electrons. The summed E-state index contributed by atoms with van der Waals surface area (Å²) < 4.78 is 27.2. The largest absolute Gasteiger partial charge is 0.392 e. The highest BCUT2D eigenvalue weighted by Crippen LogP contribution is 2.21. The zero-order valence-electron chi connectivity index (χ0n) is 10.4. The maximum atomic E-state index is 12.3. The second kappa shape index (κ2) is 5.83. The molecule has 0 aliphatic rings. The lowest BCUT2D eigenvalue weighted by Crippen LogP contribution is -2.27. The first-order valence-electron chi connectivity index (χ1n) is 5.78. The van der Waals surface area contributed by atoms with E-state index in [0.717, 1.165) is 5.56 Å². The van der Waals surface area contributed by atoms with E-state index in [1.54, 1.807) is 25.1 Å². The Balaban J connectivity index is 2.28. The third-order valence-corrected chi connectivity index (χ3v) is 5.15. The van der Waals surface area contributed by atoms with E-state index in [4.69, 9.17) is 0 Å². The van der Waals surface area contributed by atoms with Crippen molar-refractivity contribution in [2.45, 2.75) is 24.5 Å². The molecule has 1 aromatic carbocycles. The summed E-state index contributed by atoms with van der Waals surface area (Å²) in [7, 11) is -3.63. The Hall–Kier alpha value is -1.21. The minimum absolute atomic E-state index is 0.125. The molecule has 1 aromatic heterocycles. The second-order valence-electron chi connectivity index (χ2n) is 4.17. The van der Waals surface area contributed by atoms with Crippen LogP contribution in [0, 0.1) is 0 Å². The average Bonchev–Trinajstić information content (AvgIpc) is 2.92. The lowest BCUT2D eigenvalue weighted by atomic mass is 10.2. The van der Waals surface area contributed by atoms with Gasteiger partial charge >= 0.3 is 0 Å². The van der Waals surface area contributed by atoms with Crippen LogP contribution in [0.15, 0.2) is 46.0 Å². The molecule has 0 spiro atoms. The van der Waals surface area contributed by atoms with E-state index in [9.17, 15) is 13.5 Å². The molecular formula is C13H15NO3S2. The number of rotatable bonds is 5. The number of thiophene rings is 1. The van der Waals surface area contributed by atoms with Crippen LogP contribution in [0.4, 0.5) is 0 Å². The van der Waals surface area contributed by atoms with Crippen LogP contribution in [0.1, 0.15) is 24.1 Å². The van der Waals surface area contributed by atoms with Crippen molar-refractivity contribution in [1.29, 1.82) is 0 Å². The molecule has 0 aliphatic carbocycles. The Labute approximate surface area is 116 Å². The fraction of sp³-hybridized carbons (Fsp3) is 0.231. The fourth-order valence-electron chi connectivity index (χ4n) is 1.78. The minimum atomic E-state index is -3.63. The van der Waals surface area contributed by atoms with Crippen LogP contribution in [-0.4, -0.2) is 13.5 Å². The number of aliphatic hydroxyl groups excluding tert-OH is 1. The summed E-state index contributed by atoms with van der Waals surface area (Å²) >= 11 is 1.52. The number of benzene rings is 1. The number of sulfonamides is 1. The smallest absolute Gasteiger partial charge is 0.241 e. The molecule has 2 aromatic rings. The van der Waals surface area contributed by atoms with Crippen molar-refractivity contribution in [2.24, 2.45) is 0 Å². The molecule has 4 nitrogen and oxygen atoms in total. The van der Waals surface area contributed by atoms with Gasteiger partial charge < -0.3 is 5.11 Å². The molecule has 1 unspecified atom stereocenters. The SMILES string of the molecule is CC(NS(=O)(=O)c1ccccc1CO)c1ccsc1. The highest BCUT2D eigenvalue weighted by atomic mass is 32.2. The number of hydrogen-bond donors (Lipinski definition) is 2. The van der Waals surface area contributed by atoms with E-state index in [0.29, 0.717) is 5.56 Å². The molecular weight excluding hydrogens is 282 g/mol. The van der Waals surface area contributed by atoms with Gasteiger partial charge in [0.2, 0.25) is 10.0 Å². The van der Waals surface area contributed by atoms with E-state index >= 15 is 0 Å². The lowest BCUT2D eigenvalue weighted by Gasteiger charge is -2.14. The second-order valence-corrected chi connectivity index (χ2v) is 6.63. The normalized spacial score (nSPS) is 13.4. The van der Waals surface area contributed by atoms with Crippen LogP contribution < -0.4 is 4.72 Å².